The molecule has 3 amide bonds. The fraction of sp³-hybridized carbons (Fsp3) is 0.300. The molecule has 0 saturated carbocycles. The Morgan fingerprint density at radius 3 is 2.01 bits per heavy atom. The topological polar surface area (TPSA) is 106 Å². The molecule has 9 rings (SSSR count). The number of aromatic nitrogens is 1. The number of aromatic hydroxyl groups is 1. The molecule has 2 fully saturated rings. The molecule has 0 aliphatic carbocycles. The van der Waals surface area contributed by atoms with Gasteiger partial charge in [-0.25, -0.2) is 4.98 Å². The average molecular weight is 989 g/mol. The van der Waals surface area contributed by atoms with Crippen molar-refractivity contribution in [2.45, 2.75) is 75.8 Å². The lowest BCUT2D eigenvalue weighted by atomic mass is 9.70. The first-order valence-corrected chi connectivity index (χ1v) is 25.5. The lowest BCUT2D eigenvalue weighted by molar-refractivity contribution is -0.136. The van der Waals surface area contributed by atoms with Crippen LogP contribution in [0.2, 0.25) is 10.0 Å². The number of benzene rings is 6. The standard InChI is InChI=1S/C35H41Cl2N3O2.C25H22N2O2/c1-27(41)38(2)35(29-13-7-4-8-14-29)19-23-39(24-20-35)21-9-17-34(30-15-16-31(36)32(37)25-30)18-10-22-40(26-34)33(42)28-11-5-3-6-12-28;1-2-20(17-11-5-3-6-12-17)27-25(29)22-19-15-9-10-16-21(19)26-23(24(22)28)18-13-7-4-8-14-18/h3-8,11-16,25H,9-10,17-24,26H2,1-2H3;3-16,20,28H,2H2,1H3,(H,27,29)/t34-;20-/m00/s1. The third kappa shape index (κ3) is 11.5. The van der Waals surface area contributed by atoms with Gasteiger partial charge >= 0.3 is 0 Å². The van der Waals surface area contributed by atoms with E-state index < -0.39 is 0 Å². The number of amides is 3. The van der Waals surface area contributed by atoms with Crippen LogP contribution in [-0.4, -0.2) is 82.3 Å². The van der Waals surface area contributed by atoms with Crippen LogP contribution in [0.25, 0.3) is 22.2 Å². The third-order valence-corrected chi connectivity index (χ3v) is 15.5. The Bertz CT molecular complexity index is 2920. The molecule has 7 aromatic rings. The number of fused-ring (bicyclic) bond motifs is 1. The zero-order valence-corrected chi connectivity index (χ0v) is 42.4. The van der Waals surface area contributed by atoms with E-state index in [9.17, 15) is 19.5 Å². The predicted octanol–water partition coefficient (Wildman–Crippen LogP) is 12.9. The van der Waals surface area contributed by atoms with Crippen LogP contribution in [0, 0.1) is 0 Å². The number of nitrogens with zero attached hydrogens (tertiary/aromatic N) is 4. The van der Waals surface area contributed by atoms with E-state index in [0.717, 1.165) is 93.4 Å². The number of hydrogen-bond acceptors (Lipinski definition) is 6. The van der Waals surface area contributed by atoms with Crippen molar-refractivity contribution in [3.05, 3.63) is 202 Å². The molecule has 11 heteroatoms. The predicted molar refractivity (Wildman–Crippen MR) is 287 cm³/mol. The fourth-order valence-corrected chi connectivity index (χ4v) is 11.0. The number of pyridine rings is 1. The first-order chi connectivity index (χ1) is 34.4. The number of piperidine rings is 2. The van der Waals surface area contributed by atoms with E-state index in [-0.39, 0.29) is 46.0 Å². The summed E-state index contributed by atoms with van der Waals surface area (Å²) >= 11 is 12.8. The molecule has 2 N–H and O–H groups in total. The molecule has 2 aliphatic rings. The van der Waals surface area contributed by atoms with Crippen molar-refractivity contribution in [2.24, 2.45) is 0 Å². The van der Waals surface area contributed by atoms with Gasteiger partial charge in [0.15, 0.2) is 5.75 Å². The Kier molecular flexibility index (Phi) is 16.6. The van der Waals surface area contributed by atoms with Gasteiger partial charge in [0.2, 0.25) is 5.91 Å². The second-order valence-corrected chi connectivity index (χ2v) is 19.8. The number of likely N-dealkylation sites (tertiary alicyclic amines) is 2. The highest BCUT2D eigenvalue weighted by Crippen LogP contribution is 2.43. The van der Waals surface area contributed by atoms with Gasteiger partial charge in [-0.1, -0.05) is 164 Å². The fourth-order valence-electron chi connectivity index (χ4n) is 10.7. The number of nitrogens with one attached hydrogen (secondary N) is 1. The van der Waals surface area contributed by atoms with Gasteiger partial charge in [-0.2, -0.15) is 0 Å². The molecule has 71 heavy (non-hydrogen) atoms. The van der Waals surface area contributed by atoms with E-state index in [0.29, 0.717) is 33.2 Å². The summed E-state index contributed by atoms with van der Waals surface area (Å²) in [4.78, 5) is 50.4. The van der Waals surface area contributed by atoms with E-state index >= 15 is 0 Å². The van der Waals surface area contributed by atoms with Gasteiger partial charge in [0.1, 0.15) is 5.69 Å². The van der Waals surface area contributed by atoms with Crippen LogP contribution < -0.4 is 5.32 Å². The molecule has 0 spiro atoms. The van der Waals surface area contributed by atoms with Crippen LogP contribution in [-0.2, 0) is 15.7 Å². The van der Waals surface area contributed by atoms with E-state index in [1.807, 2.05) is 157 Å². The van der Waals surface area contributed by atoms with Crippen molar-refractivity contribution < 1.29 is 19.5 Å². The molecule has 1 aromatic heterocycles. The second-order valence-electron chi connectivity index (χ2n) is 18.9. The summed E-state index contributed by atoms with van der Waals surface area (Å²) in [6.45, 7) is 7.96. The molecule has 6 aromatic carbocycles. The SMILES string of the molecule is CC(=O)N(C)C1(c2ccccc2)CCN(CCC[C@]2(c3ccc(Cl)c(Cl)c3)CCCN(C(=O)c3ccccc3)C2)CC1.CC[C@H](NC(=O)c1c(O)c(-c2ccccc2)nc2ccccc12)c1ccccc1. The third-order valence-electron chi connectivity index (χ3n) is 14.7. The molecule has 0 unspecified atom stereocenters. The van der Waals surface area contributed by atoms with Gasteiger partial charge in [-0.3, -0.25) is 14.4 Å². The maximum absolute atomic E-state index is 13.5. The normalized spacial score (nSPS) is 17.1. The Hall–Kier alpha value is -6.52. The number of halogens is 2. The summed E-state index contributed by atoms with van der Waals surface area (Å²) in [6.07, 6.45) is 6.47. The molecule has 2 atom stereocenters. The van der Waals surface area contributed by atoms with E-state index in [1.165, 1.54) is 5.56 Å². The van der Waals surface area contributed by atoms with Gasteiger partial charge in [0, 0.05) is 62.1 Å². The van der Waals surface area contributed by atoms with Crippen LogP contribution in [0.3, 0.4) is 0 Å². The molecule has 366 valence electrons. The zero-order chi connectivity index (χ0) is 50.0. The first-order valence-electron chi connectivity index (χ1n) is 24.8. The molecular weight excluding hydrogens is 926 g/mol. The quantitative estimate of drug-likeness (QED) is 0.119. The number of rotatable bonds is 13. The van der Waals surface area contributed by atoms with Gasteiger partial charge in [0.25, 0.3) is 11.8 Å². The molecule has 0 radical (unpaired) electrons. The molecule has 2 saturated heterocycles. The Labute approximate surface area is 428 Å². The maximum Gasteiger partial charge on any atom is 0.256 e. The van der Waals surface area contributed by atoms with Crippen molar-refractivity contribution in [1.29, 1.82) is 0 Å². The maximum atomic E-state index is 13.5. The Morgan fingerprint density at radius 2 is 1.37 bits per heavy atom. The van der Waals surface area contributed by atoms with E-state index in [2.05, 4.69) is 45.5 Å². The van der Waals surface area contributed by atoms with Crippen molar-refractivity contribution in [3.63, 3.8) is 0 Å². The van der Waals surface area contributed by atoms with Gasteiger partial charge in [0.05, 0.1) is 32.7 Å². The summed E-state index contributed by atoms with van der Waals surface area (Å²) in [5.41, 5.74) is 5.77. The highest BCUT2D eigenvalue weighted by atomic mass is 35.5. The summed E-state index contributed by atoms with van der Waals surface area (Å²) in [6, 6.07) is 52.5. The van der Waals surface area contributed by atoms with Crippen molar-refractivity contribution in [3.8, 4) is 17.0 Å². The summed E-state index contributed by atoms with van der Waals surface area (Å²) in [5.74, 6) is -0.227. The summed E-state index contributed by atoms with van der Waals surface area (Å²) in [7, 11) is 1.94. The van der Waals surface area contributed by atoms with Gasteiger partial charge in [-0.15, -0.1) is 0 Å². The number of carbonyl (C=O) groups is 3. The van der Waals surface area contributed by atoms with Crippen LogP contribution in [0.15, 0.2) is 164 Å². The first kappa shape index (κ1) is 50.9. The van der Waals surface area contributed by atoms with Crippen LogP contribution in [0.4, 0.5) is 0 Å². The Balaban J connectivity index is 0.000000204. The minimum Gasteiger partial charge on any atom is -0.505 e. The largest absolute Gasteiger partial charge is 0.505 e. The lowest BCUT2D eigenvalue weighted by Gasteiger charge is -2.48. The zero-order valence-electron chi connectivity index (χ0n) is 40.9. The minimum atomic E-state index is -0.311. The second kappa shape index (κ2) is 23.1. The van der Waals surface area contributed by atoms with Crippen molar-refractivity contribution >= 4 is 51.8 Å². The minimum absolute atomic E-state index is 0.0857. The molecule has 3 heterocycles. The summed E-state index contributed by atoms with van der Waals surface area (Å²) in [5, 5.41) is 15.9. The lowest BCUT2D eigenvalue weighted by Crippen LogP contribution is -2.53. The number of carbonyl (C=O) groups excluding carboxylic acids is 3. The van der Waals surface area contributed by atoms with Crippen LogP contribution in [0.5, 0.6) is 5.75 Å². The highest BCUT2D eigenvalue weighted by molar-refractivity contribution is 6.42. The van der Waals surface area contributed by atoms with E-state index in [4.69, 9.17) is 23.2 Å². The Morgan fingerprint density at radius 1 is 0.746 bits per heavy atom. The monoisotopic (exact) mass is 987 g/mol. The molecule has 2 aliphatic heterocycles. The number of hydrogen-bond donors (Lipinski definition) is 2. The average Bonchev–Trinajstić information content (AvgIpc) is 3.41. The molecule has 9 nitrogen and oxygen atoms in total. The van der Waals surface area contributed by atoms with Crippen molar-refractivity contribution in [1.82, 2.24) is 25.0 Å². The van der Waals surface area contributed by atoms with E-state index in [1.54, 1.807) is 6.92 Å². The highest BCUT2D eigenvalue weighted by Gasteiger charge is 2.42. The summed E-state index contributed by atoms with van der Waals surface area (Å²) < 4.78 is 0. The van der Waals surface area contributed by atoms with Crippen molar-refractivity contribution in [2.75, 3.05) is 39.8 Å². The molecule has 0 bridgehead atoms. The smallest absolute Gasteiger partial charge is 0.256 e. The van der Waals surface area contributed by atoms with Gasteiger partial charge in [-0.05, 0) is 98.5 Å². The molecular formula is C60H63Cl2N5O4. The van der Waals surface area contributed by atoms with Crippen LogP contribution >= 0.6 is 23.2 Å². The van der Waals surface area contributed by atoms with Crippen LogP contribution in [0.1, 0.15) is 102 Å². The number of para-hydroxylation sites is 1. The van der Waals surface area contributed by atoms with Gasteiger partial charge < -0.3 is 25.1 Å².